The average molecular weight is 298 g/mol. The Hall–Kier alpha value is -1.30. The summed E-state index contributed by atoms with van der Waals surface area (Å²) in [4.78, 5) is 18.6. The SMILES string of the molecule is CCNC(=NCCOC)NCCC(=O)N1CCCCC1C. The molecule has 0 bridgehead atoms. The molecule has 1 heterocycles. The molecule has 1 aliphatic heterocycles. The van der Waals surface area contributed by atoms with Crippen LogP contribution >= 0.6 is 0 Å². The van der Waals surface area contributed by atoms with Crippen LogP contribution < -0.4 is 10.6 Å². The number of hydrogen-bond donors (Lipinski definition) is 2. The van der Waals surface area contributed by atoms with Crippen molar-refractivity contribution in [2.45, 2.75) is 45.6 Å². The van der Waals surface area contributed by atoms with Crippen molar-refractivity contribution in [2.24, 2.45) is 4.99 Å². The lowest BCUT2D eigenvalue weighted by atomic mass is 10.0. The van der Waals surface area contributed by atoms with Crippen molar-refractivity contribution < 1.29 is 9.53 Å². The molecule has 1 saturated heterocycles. The van der Waals surface area contributed by atoms with Crippen molar-refractivity contribution in [1.29, 1.82) is 0 Å². The molecule has 21 heavy (non-hydrogen) atoms. The van der Waals surface area contributed by atoms with Gasteiger partial charge in [-0.25, -0.2) is 0 Å². The number of hydrogen-bond acceptors (Lipinski definition) is 3. The Morgan fingerprint density at radius 2 is 2.19 bits per heavy atom. The lowest BCUT2D eigenvalue weighted by Crippen LogP contribution is -2.44. The van der Waals surface area contributed by atoms with E-state index in [1.807, 2.05) is 11.8 Å². The molecule has 0 saturated carbocycles. The van der Waals surface area contributed by atoms with Crippen LogP contribution in [0.2, 0.25) is 0 Å². The Balaban J connectivity index is 2.31. The summed E-state index contributed by atoms with van der Waals surface area (Å²) in [6.45, 7) is 7.69. The van der Waals surface area contributed by atoms with Gasteiger partial charge in [0, 0.05) is 39.2 Å². The fourth-order valence-electron chi connectivity index (χ4n) is 2.49. The number of carbonyl (C=O) groups is 1. The second kappa shape index (κ2) is 10.4. The Bertz CT molecular complexity index is 334. The molecule has 1 fully saturated rings. The number of rotatable bonds is 7. The first-order valence-electron chi connectivity index (χ1n) is 7.99. The Kier molecular flexibility index (Phi) is 8.82. The van der Waals surface area contributed by atoms with Gasteiger partial charge in [-0.15, -0.1) is 0 Å². The van der Waals surface area contributed by atoms with Crippen molar-refractivity contribution in [2.75, 3.05) is 39.9 Å². The molecule has 0 aromatic heterocycles. The molecule has 0 spiro atoms. The molecule has 1 unspecified atom stereocenters. The minimum Gasteiger partial charge on any atom is -0.383 e. The van der Waals surface area contributed by atoms with E-state index < -0.39 is 0 Å². The van der Waals surface area contributed by atoms with Gasteiger partial charge < -0.3 is 20.3 Å². The summed E-state index contributed by atoms with van der Waals surface area (Å²) < 4.78 is 4.98. The van der Waals surface area contributed by atoms with E-state index in [-0.39, 0.29) is 5.91 Å². The molecule has 6 heteroatoms. The summed E-state index contributed by atoms with van der Waals surface area (Å²) in [7, 11) is 1.66. The molecule has 0 aromatic rings. The Morgan fingerprint density at radius 3 is 2.86 bits per heavy atom. The number of nitrogens with zero attached hydrogens (tertiary/aromatic N) is 2. The fraction of sp³-hybridized carbons (Fsp3) is 0.867. The predicted molar refractivity (Wildman–Crippen MR) is 85.5 cm³/mol. The van der Waals surface area contributed by atoms with Crippen molar-refractivity contribution in [3.63, 3.8) is 0 Å². The van der Waals surface area contributed by atoms with Gasteiger partial charge in [0.1, 0.15) is 0 Å². The van der Waals surface area contributed by atoms with Crippen molar-refractivity contribution >= 4 is 11.9 Å². The number of ether oxygens (including phenoxy) is 1. The molecule has 1 aliphatic rings. The van der Waals surface area contributed by atoms with Crippen LogP contribution in [0.3, 0.4) is 0 Å². The molecule has 0 aliphatic carbocycles. The first-order valence-corrected chi connectivity index (χ1v) is 7.99. The van der Waals surface area contributed by atoms with Gasteiger partial charge in [0.25, 0.3) is 0 Å². The van der Waals surface area contributed by atoms with E-state index in [4.69, 9.17) is 4.74 Å². The monoisotopic (exact) mass is 298 g/mol. The molecule has 122 valence electrons. The second-order valence-corrected chi connectivity index (χ2v) is 5.36. The van der Waals surface area contributed by atoms with Gasteiger partial charge in [-0.3, -0.25) is 9.79 Å². The zero-order chi connectivity index (χ0) is 15.5. The molecule has 1 amide bonds. The van der Waals surface area contributed by atoms with Crippen LogP contribution in [-0.2, 0) is 9.53 Å². The third kappa shape index (κ3) is 6.80. The molecule has 6 nitrogen and oxygen atoms in total. The molecule has 0 radical (unpaired) electrons. The zero-order valence-corrected chi connectivity index (χ0v) is 13.7. The minimum absolute atomic E-state index is 0.238. The normalized spacial score (nSPS) is 19.5. The fourth-order valence-corrected chi connectivity index (χ4v) is 2.49. The van der Waals surface area contributed by atoms with E-state index >= 15 is 0 Å². The molecular formula is C15H30N4O2. The Morgan fingerprint density at radius 1 is 1.38 bits per heavy atom. The van der Waals surface area contributed by atoms with Crippen LogP contribution in [0.1, 0.15) is 39.5 Å². The second-order valence-electron chi connectivity index (χ2n) is 5.36. The standard InChI is InChI=1S/C15H30N4O2/c1-4-16-15(18-10-12-21-3)17-9-8-14(20)19-11-6-5-7-13(19)2/h13H,4-12H2,1-3H3,(H2,16,17,18). The molecule has 2 N–H and O–H groups in total. The van der Waals surface area contributed by atoms with E-state index in [0.29, 0.717) is 32.2 Å². The molecule has 1 atom stereocenters. The highest BCUT2D eigenvalue weighted by atomic mass is 16.5. The summed E-state index contributed by atoms with van der Waals surface area (Å²) in [6, 6.07) is 0.384. The van der Waals surface area contributed by atoms with Crippen LogP contribution in [-0.4, -0.2) is 62.7 Å². The van der Waals surface area contributed by atoms with E-state index in [1.165, 1.54) is 6.42 Å². The number of aliphatic imine (C=N–C) groups is 1. The first kappa shape index (κ1) is 17.8. The highest BCUT2D eigenvalue weighted by Gasteiger charge is 2.22. The summed E-state index contributed by atoms with van der Waals surface area (Å²) in [5, 5.41) is 6.36. The van der Waals surface area contributed by atoms with E-state index in [9.17, 15) is 4.79 Å². The maximum absolute atomic E-state index is 12.2. The molecule has 0 aromatic carbocycles. The summed E-state index contributed by atoms with van der Waals surface area (Å²) in [5.74, 6) is 0.983. The summed E-state index contributed by atoms with van der Waals surface area (Å²) in [6.07, 6.45) is 4.00. The predicted octanol–water partition coefficient (Wildman–Crippen LogP) is 0.979. The maximum Gasteiger partial charge on any atom is 0.224 e. The number of piperidine rings is 1. The van der Waals surface area contributed by atoms with Gasteiger partial charge >= 0.3 is 0 Å². The number of likely N-dealkylation sites (tertiary alicyclic amines) is 1. The largest absolute Gasteiger partial charge is 0.383 e. The zero-order valence-electron chi connectivity index (χ0n) is 13.7. The van der Waals surface area contributed by atoms with Gasteiger partial charge in [0.15, 0.2) is 5.96 Å². The van der Waals surface area contributed by atoms with Crippen molar-refractivity contribution in [1.82, 2.24) is 15.5 Å². The number of carbonyl (C=O) groups excluding carboxylic acids is 1. The van der Waals surface area contributed by atoms with Crippen molar-refractivity contribution in [3.05, 3.63) is 0 Å². The van der Waals surface area contributed by atoms with Gasteiger partial charge in [-0.05, 0) is 33.1 Å². The van der Waals surface area contributed by atoms with Crippen molar-refractivity contribution in [3.8, 4) is 0 Å². The summed E-state index contributed by atoms with van der Waals surface area (Å²) in [5.41, 5.74) is 0. The van der Waals surface area contributed by atoms with Crippen LogP contribution in [0.15, 0.2) is 4.99 Å². The third-order valence-electron chi connectivity index (χ3n) is 3.66. The highest BCUT2D eigenvalue weighted by molar-refractivity contribution is 5.81. The maximum atomic E-state index is 12.2. The number of methoxy groups -OCH3 is 1. The van der Waals surface area contributed by atoms with Gasteiger partial charge in [0.05, 0.1) is 13.2 Å². The first-order chi connectivity index (χ1) is 10.2. The number of amides is 1. The average Bonchev–Trinajstić information content (AvgIpc) is 2.48. The van der Waals surface area contributed by atoms with Crippen LogP contribution in [0.4, 0.5) is 0 Å². The smallest absolute Gasteiger partial charge is 0.224 e. The number of guanidine groups is 1. The minimum atomic E-state index is 0.238. The lowest BCUT2D eigenvalue weighted by Gasteiger charge is -2.33. The van der Waals surface area contributed by atoms with Crippen LogP contribution in [0.25, 0.3) is 0 Å². The third-order valence-corrected chi connectivity index (χ3v) is 3.66. The van der Waals surface area contributed by atoms with E-state index in [2.05, 4.69) is 22.5 Å². The number of nitrogens with one attached hydrogen (secondary N) is 2. The molecular weight excluding hydrogens is 268 g/mol. The van der Waals surface area contributed by atoms with Gasteiger partial charge in [-0.1, -0.05) is 0 Å². The van der Waals surface area contributed by atoms with Gasteiger partial charge in [-0.2, -0.15) is 0 Å². The van der Waals surface area contributed by atoms with Crippen LogP contribution in [0, 0.1) is 0 Å². The van der Waals surface area contributed by atoms with Crippen LogP contribution in [0.5, 0.6) is 0 Å². The van der Waals surface area contributed by atoms with Gasteiger partial charge in [0.2, 0.25) is 5.91 Å². The lowest BCUT2D eigenvalue weighted by molar-refractivity contribution is -0.134. The topological polar surface area (TPSA) is 66.0 Å². The highest BCUT2D eigenvalue weighted by Crippen LogP contribution is 2.16. The molecule has 1 rings (SSSR count). The van der Waals surface area contributed by atoms with E-state index in [0.717, 1.165) is 31.9 Å². The Labute approximate surface area is 128 Å². The van der Waals surface area contributed by atoms with E-state index in [1.54, 1.807) is 7.11 Å². The summed E-state index contributed by atoms with van der Waals surface area (Å²) >= 11 is 0. The quantitative estimate of drug-likeness (QED) is 0.418.